The summed E-state index contributed by atoms with van der Waals surface area (Å²) in [7, 11) is 1.41. The molecule has 6 nitrogen and oxygen atoms in total. The first-order chi connectivity index (χ1) is 9.49. The molecule has 0 aliphatic heterocycles. The molecule has 1 N–H and O–H groups in total. The van der Waals surface area contributed by atoms with Gasteiger partial charge >= 0.3 is 5.69 Å². The molecule has 0 spiro atoms. The summed E-state index contributed by atoms with van der Waals surface area (Å²) in [5, 5.41) is 2.99. The van der Waals surface area contributed by atoms with Gasteiger partial charge in [0.1, 0.15) is 6.54 Å². The smallest absolute Gasteiger partial charge is 0.331 e. The van der Waals surface area contributed by atoms with E-state index >= 15 is 0 Å². The van der Waals surface area contributed by atoms with E-state index in [9.17, 15) is 14.4 Å². The lowest BCUT2D eigenvalue weighted by atomic mass is 9.86. The van der Waals surface area contributed by atoms with Crippen LogP contribution in [-0.4, -0.2) is 21.1 Å². The summed E-state index contributed by atoms with van der Waals surface area (Å²) in [4.78, 5) is 35.1. The fourth-order valence-electron chi connectivity index (χ4n) is 2.67. The first kappa shape index (κ1) is 14.6. The summed E-state index contributed by atoms with van der Waals surface area (Å²) in [6.45, 7) is 2.10. The van der Waals surface area contributed by atoms with Crippen molar-refractivity contribution < 1.29 is 4.79 Å². The quantitative estimate of drug-likeness (QED) is 0.861. The molecule has 20 heavy (non-hydrogen) atoms. The number of hydrogen-bond donors (Lipinski definition) is 1. The van der Waals surface area contributed by atoms with E-state index in [1.54, 1.807) is 0 Å². The molecular weight excluding hydrogens is 258 g/mol. The standard InChI is InChI=1S/C14H21N3O3/c1-10-5-3-4-6-11(10)15-12(18)9-17-8-7-13(19)16(2)14(17)20/h7-8,10-11H,3-6,9H2,1-2H3,(H,15,18)/t10-,11-/m1/s1. The van der Waals surface area contributed by atoms with E-state index in [1.165, 1.54) is 30.3 Å². The van der Waals surface area contributed by atoms with Crippen LogP contribution in [0.2, 0.25) is 0 Å². The van der Waals surface area contributed by atoms with Crippen molar-refractivity contribution in [2.24, 2.45) is 13.0 Å². The van der Waals surface area contributed by atoms with Crippen LogP contribution in [0.25, 0.3) is 0 Å². The lowest BCUT2D eigenvalue weighted by Crippen LogP contribution is -2.45. The van der Waals surface area contributed by atoms with Crippen molar-refractivity contribution in [3.05, 3.63) is 33.1 Å². The molecule has 110 valence electrons. The summed E-state index contributed by atoms with van der Waals surface area (Å²) in [6.07, 6.45) is 5.84. The highest BCUT2D eigenvalue weighted by Crippen LogP contribution is 2.23. The van der Waals surface area contributed by atoms with Gasteiger partial charge in [0.25, 0.3) is 5.56 Å². The minimum atomic E-state index is -0.468. The van der Waals surface area contributed by atoms with Gasteiger partial charge in [-0.1, -0.05) is 19.8 Å². The van der Waals surface area contributed by atoms with Gasteiger partial charge < -0.3 is 5.32 Å². The molecular formula is C14H21N3O3. The summed E-state index contributed by atoms with van der Waals surface area (Å²) in [5.41, 5.74) is -0.836. The molecule has 6 heteroatoms. The Balaban J connectivity index is 2.03. The maximum absolute atomic E-state index is 12.0. The van der Waals surface area contributed by atoms with Crippen molar-refractivity contribution >= 4 is 5.91 Å². The zero-order valence-corrected chi connectivity index (χ0v) is 12.0. The van der Waals surface area contributed by atoms with E-state index in [0.29, 0.717) is 5.92 Å². The second-order valence-electron chi connectivity index (χ2n) is 5.56. The normalized spacial score (nSPS) is 22.5. The minimum absolute atomic E-state index is 0.0455. The molecule has 1 amide bonds. The van der Waals surface area contributed by atoms with Crippen molar-refractivity contribution in [2.75, 3.05) is 0 Å². The molecule has 2 atom stereocenters. The van der Waals surface area contributed by atoms with Gasteiger partial charge in [-0.2, -0.15) is 0 Å². The van der Waals surface area contributed by atoms with Crippen LogP contribution in [0.4, 0.5) is 0 Å². The largest absolute Gasteiger partial charge is 0.352 e. The summed E-state index contributed by atoms with van der Waals surface area (Å²) in [6, 6.07) is 1.48. The van der Waals surface area contributed by atoms with Crippen LogP contribution in [0.5, 0.6) is 0 Å². The number of rotatable bonds is 3. The predicted molar refractivity (Wildman–Crippen MR) is 75.5 cm³/mol. The molecule has 1 aliphatic rings. The molecule has 0 radical (unpaired) electrons. The fourth-order valence-corrected chi connectivity index (χ4v) is 2.67. The van der Waals surface area contributed by atoms with Gasteiger partial charge in [0, 0.05) is 25.4 Å². The maximum atomic E-state index is 12.0. The Kier molecular flexibility index (Phi) is 4.42. The minimum Gasteiger partial charge on any atom is -0.352 e. The highest BCUT2D eigenvalue weighted by atomic mass is 16.2. The van der Waals surface area contributed by atoms with Crippen molar-refractivity contribution in [2.45, 2.75) is 45.2 Å². The summed E-state index contributed by atoms with van der Waals surface area (Å²) >= 11 is 0. The number of nitrogens with zero attached hydrogens (tertiary/aromatic N) is 2. The fraction of sp³-hybridized carbons (Fsp3) is 0.643. The first-order valence-electron chi connectivity index (χ1n) is 7.05. The predicted octanol–water partition coefficient (Wildman–Crippen LogP) is 0.242. The third-order valence-electron chi connectivity index (χ3n) is 4.03. The summed E-state index contributed by atoms with van der Waals surface area (Å²) in [5.74, 6) is 0.300. The number of hydrogen-bond acceptors (Lipinski definition) is 3. The molecule has 0 saturated heterocycles. The highest BCUT2D eigenvalue weighted by Gasteiger charge is 2.22. The van der Waals surface area contributed by atoms with E-state index in [-0.39, 0.29) is 24.1 Å². The van der Waals surface area contributed by atoms with E-state index in [0.717, 1.165) is 23.8 Å². The molecule has 0 unspecified atom stereocenters. The molecule has 1 fully saturated rings. The van der Waals surface area contributed by atoms with E-state index in [1.807, 2.05) is 0 Å². The van der Waals surface area contributed by atoms with Gasteiger partial charge in [-0.15, -0.1) is 0 Å². The van der Waals surface area contributed by atoms with E-state index in [2.05, 4.69) is 12.2 Å². The van der Waals surface area contributed by atoms with Crippen LogP contribution in [0.1, 0.15) is 32.6 Å². The average molecular weight is 279 g/mol. The zero-order valence-electron chi connectivity index (χ0n) is 12.0. The SMILES string of the molecule is C[C@@H]1CCCC[C@H]1NC(=O)Cn1ccc(=O)n(C)c1=O. The molecule has 1 aromatic rings. The Morgan fingerprint density at radius 1 is 1.35 bits per heavy atom. The zero-order chi connectivity index (χ0) is 14.7. The molecule has 0 bridgehead atoms. The van der Waals surface area contributed by atoms with Crippen LogP contribution >= 0.6 is 0 Å². The lowest BCUT2D eigenvalue weighted by Gasteiger charge is -2.29. The van der Waals surface area contributed by atoms with Gasteiger partial charge in [0.05, 0.1) is 0 Å². The topological polar surface area (TPSA) is 73.1 Å². The van der Waals surface area contributed by atoms with Crippen molar-refractivity contribution in [1.29, 1.82) is 0 Å². The second-order valence-corrected chi connectivity index (χ2v) is 5.56. The van der Waals surface area contributed by atoms with E-state index in [4.69, 9.17) is 0 Å². The Morgan fingerprint density at radius 3 is 2.75 bits per heavy atom. The van der Waals surface area contributed by atoms with Crippen LogP contribution < -0.4 is 16.6 Å². The third kappa shape index (κ3) is 3.18. The Morgan fingerprint density at radius 2 is 2.05 bits per heavy atom. The van der Waals surface area contributed by atoms with Gasteiger partial charge in [-0.05, 0) is 18.8 Å². The van der Waals surface area contributed by atoms with Crippen LogP contribution in [0.15, 0.2) is 21.9 Å². The second kappa shape index (κ2) is 6.07. The lowest BCUT2D eigenvalue weighted by molar-refractivity contribution is -0.123. The molecule has 1 aliphatic carbocycles. The molecule has 2 rings (SSSR count). The van der Waals surface area contributed by atoms with E-state index < -0.39 is 5.69 Å². The molecule has 1 saturated carbocycles. The van der Waals surface area contributed by atoms with Gasteiger partial charge in [-0.25, -0.2) is 4.79 Å². The van der Waals surface area contributed by atoms with Gasteiger partial charge in [-0.3, -0.25) is 18.7 Å². The van der Waals surface area contributed by atoms with Gasteiger partial charge in [0.2, 0.25) is 5.91 Å². The molecule has 0 aromatic carbocycles. The Bertz CT molecular complexity index is 602. The first-order valence-corrected chi connectivity index (χ1v) is 7.05. The van der Waals surface area contributed by atoms with Crippen LogP contribution in [-0.2, 0) is 18.4 Å². The Hall–Kier alpha value is -1.85. The van der Waals surface area contributed by atoms with Crippen molar-refractivity contribution in [3.63, 3.8) is 0 Å². The number of carbonyl (C=O) groups excluding carboxylic acids is 1. The third-order valence-corrected chi connectivity index (χ3v) is 4.03. The summed E-state index contributed by atoms with van der Waals surface area (Å²) < 4.78 is 2.25. The van der Waals surface area contributed by atoms with Gasteiger partial charge in [0.15, 0.2) is 0 Å². The Labute approximate surface area is 117 Å². The molecule has 1 aromatic heterocycles. The highest BCUT2D eigenvalue weighted by molar-refractivity contribution is 5.76. The van der Waals surface area contributed by atoms with Crippen molar-refractivity contribution in [3.8, 4) is 0 Å². The van der Waals surface area contributed by atoms with Crippen molar-refractivity contribution in [1.82, 2.24) is 14.5 Å². The number of carbonyl (C=O) groups is 1. The maximum Gasteiger partial charge on any atom is 0.331 e. The van der Waals surface area contributed by atoms with Crippen LogP contribution in [0, 0.1) is 5.92 Å². The number of aromatic nitrogens is 2. The number of amides is 1. The average Bonchev–Trinajstić information content (AvgIpc) is 2.42. The monoisotopic (exact) mass is 279 g/mol. The van der Waals surface area contributed by atoms with Crippen LogP contribution in [0.3, 0.4) is 0 Å². The molecule has 1 heterocycles. The number of nitrogens with one attached hydrogen (secondary N) is 1.